The van der Waals surface area contributed by atoms with Gasteiger partial charge in [0.25, 0.3) is 0 Å². The zero-order valence-electron chi connectivity index (χ0n) is 19.6. The van der Waals surface area contributed by atoms with Crippen molar-refractivity contribution >= 4 is 17.4 Å². The fraction of sp³-hybridized carbons (Fsp3) is 0.500. The summed E-state index contributed by atoms with van der Waals surface area (Å²) >= 11 is 0. The Kier molecular flexibility index (Phi) is 6.03. The SMILES string of the molecule is CC[C@@]1(C(=O)O)CCCN(c2c(C(C)C)c(C)nc3cc(-c4ccc(C(F)(F)F)nc4)nn23)C1. The number of carbonyl (C=O) groups is 1. The van der Waals surface area contributed by atoms with Crippen LogP contribution in [-0.2, 0) is 11.0 Å². The number of hydrogen-bond acceptors (Lipinski definition) is 5. The van der Waals surface area contributed by atoms with E-state index in [2.05, 4.69) is 23.7 Å². The van der Waals surface area contributed by atoms with Crippen LogP contribution < -0.4 is 4.90 Å². The molecule has 3 aromatic rings. The number of carboxylic acid groups (broad SMARTS) is 1. The lowest BCUT2D eigenvalue weighted by Gasteiger charge is -2.41. The van der Waals surface area contributed by atoms with Gasteiger partial charge in [0.2, 0.25) is 0 Å². The second-order valence-electron chi connectivity index (χ2n) is 9.28. The van der Waals surface area contributed by atoms with Gasteiger partial charge < -0.3 is 10.0 Å². The number of halogens is 3. The Balaban J connectivity index is 1.86. The molecule has 0 radical (unpaired) electrons. The molecule has 0 bridgehead atoms. The second-order valence-corrected chi connectivity index (χ2v) is 9.28. The number of rotatable bonds is 5. The third kappa shape index (κ3) is 4.10. The Morgan fingerprint density at radius 3 is 2.59 bits per heavy atom. The number of piperidine rings is 1. The lowest BCUT2D eigenvalue weighted by Crippen LogP contribution is -2.48. The van der Waals surface area contributed by atoms with Gasteiger partial charge in [0.05, 0.1) is 11.1 Å². The Morgan fingerprint density at radius 1 is 1.29 bits per heavy atom. The molecule has 7 nitrogen and oxygen atoms in total. The lowest BCUT2D eigenvalue weighted by molar-refractivity contribution is -0.149. The average Bonchev–Trinajstić information content (AvgIpc) is 3.20. The molecule has 182 valence electrons. The summed E-state index contributed by atoms with van der Waals surface area (Å²) in [5.41, 5.74) is 1.43. The van der Waals surface area contributed by atoms with Crippen LogP contribution in [0, 0.1) is 12.3 Å². The lowest BCUT2D eigenvalue weighted by atomic mass is 9.77. The molecule has 4 rings (SSSR count). The van der Waals surface area contributed by atoms with Crippen LogP contribution in [0.1, 0.15) is 62.9 Å². The first-order chi connectivity index (χ1) is 16.0. The second kappa shape index (κ2) is 8.56. The van der Waals surface area contributed by atoms with E-state index in [4.69, 9.17) is 10.1 Å². The van der Waals surface area contributed by atoms with E-state index < -0.39 is 23.3 Å². The van der Waals surface area contributed by atoms with Gasteiger partial charge >= 0.3 is 12.1 Å². The molecule has 1 atom stereocenters. The summed E-state index contributed by atoms with van der Waals surface area (Å²) in [7, 11) is 0. The largest absolute Gasteiger partial charge is 0.481 e. The number of alkyl halides is 3. The van der Waals surface area contributed by atoms with Gasteiger partial charge in [-0.05, 0) is 44.2 Å². The number of hydrogen-bond donors (Lipinski definition) is 1. The van der Waals surface area contributed by atoms with E-state index in [1.165, 1.54) is 6.07 Å². The third-order valence-electron chi connectivity index (χ3n) is 6.74. The van der Waals surface area contributed by atoms with E-state index in [-0.39, 0.29) is 5.92 Å². The number of fused-ring (bicyclic) bond motifs is 1. The fourth-order valence-corrected chi connectivity index (χ4v) is 4.88. The quantitative estimate of drug-likeness (QED) is 0.538. The maximum atomic E-state index is 12.9. The standard InChI is InChI=1S/C24H28F3N5O2/c1-5-23(22(33)34)9-6-10-31(13-23)21-20(14(2)3)15(4)29-19-11-17(30-32(19)21)16-7-8-18(28-12-16)24(25,26)27/h7-8,11-12,14H,5-6,9-10,13H2,1-4H3,(H,33,34)/t23-/m1/s1. The van der Waals surface area contributed by atoms with Crippen molar-refractivity contribution in [3.63, 3.8) is 0 Å². The smallest absolute Gasteiger partial charge is 0.433 e. The minimum absolute atomic E-state index is 0.107. The summed E-state index contributed by atoms with van der Waals surface area (Å²) in [5.74, 6) is 0.0993. The minimum Gasteiger partial charge on any atom is -0.481 e. The zero-order valence-corrected chi connectivity index (χ0v) is 19.6. The van der Waals surface area contributed by atoms with Gasteiger partial charge in [0.1, 0.15) is 11.5 Å². The monoisotopic (exact) mass is 475 g/mol. The fourth-order valence-electron chi connectivity index (χ4n) is 4.88. The summed E-state index contributed by atoms with van der Waals surface area (Å²) < 4.78 is 40.5. The number of carboxylic acids is 1. The molecule has 3 aromatic heterocycles. The first kappa shape index (κ1) is 24.0. The average molecular weight is 476 g/mol. The number of aliphatic carboxylic acids is 1. The van der Waals surface area contributed by atoms with Crippen molar-refractivity contribution in [2.24, 2.45) is 5.41 Å². The normalized spacial score (nSPS) is 19.2. The van der Waals surface area contributed by atoms with Crippen molar-refractivity contribution in [2.45, 2.75) is 59.1 Å². The highest BCUT2D eigenvalue weighted by atomic mass is 19.4. The molecular weight excluding hydrogens is 447 g/mol. The van der Waals surface area contributed by atoms with Crippen LogP contribution in [0.2, 0.25) is 0 Å². The maximum absolute atomic E-state index is 12.9. The van der Waals surface area contributed by atoms with Crippen LogP contribution in [0.5, 0.6) is 0 Å². The van der Waals surface area contributed by atoms with Crippen LogP contribution in [-0.4, -0.2) is 43.7 Å². The molecular formula is C24H28F3N5O2. The van der Waals surface area contributed by atoms with Gasteiger partial charge in [0, 0.05) is 42.2 Å². The summed E-state index contributed by atoms with van der Waals surface area (Å²) in [6.45, 7) is 8.96. The number of pyridine rings is 1. The van der Waals surface area contributed by atoms with E-state index in [0.717, 1.165) is 35.8 Å². The molecule has 1 aliphatic rings. The van der Waals surface area contributed by atoms with Crippen molar-refractivity contribution in [1.29, 1.82) is 0 Å². The molecule has 0 aliphatic carbocycles. The zero-order chi connectivity index (χ0) is 24.8. The van der Waals surface area contributed by atoms with Gasteiger partial charge in [0.15, 0.2) is 5.65 Å². The Bertz CT molecular complexity index is 1220. The Labute approximate surface area is 195 Å². The summed E-state index contributed by atoms with van der Waals surface area (Å²) in [4.78, 5) is 22.5. The van der Waals surface area contributed by atoms with Crippen molar-refractivity contribution in [2.75, 3.05) is 18.0 Å². The van der Waals surface area contributed by atoms with Gasteiger partial charge in [-0.2, -0.15) is 22.8 Å². The van der Waals surface area contributed by atoms with Crippen LogP contribution in [0.15, 0.2) is 24.4 Å². The summed E-state index contributed by atoms with van der Waals surface area (Å²) in [6, 6.07) is 4.01. The molecule has 1 N–H and O–H groups in total. The highest BCUT2D eigenvalue weighted by Gasteiger charge is 2.42. The molecule has 10 heteroatoms. The van der Waals surface area contributed by atoms with Crippen molar-refractivity contribution in [3.05, 3.63) is 41.3 Å². The van der Waals surface area contributed by atoms with Gasteiger partial charge in [-0.3, -0.25) is 9.78 Å². The van der Waals surface area contributed by atoms with Crippen molar-refractivity contribution < 1.29 is 23.1 Å². The third-order valence-corrected chi connectivity index (χ3v) is 6.74. The summed E-state index contributed by atoms with van der Waals surface area (Å²) in [6.07, 6.45) is -1.49. The number of aryl methyl sites for hydroxylation is 1. The Hall–Kier alpha value is -3.17. The molecule has 1 aliphatic heterocycles. The number of aromatic nitrogens is 4. The topological polar surface area (TPSA) is 83.6 Å². The van der Waals surface area contributed by atoms with E-state index in [1.807, 2.05) is 13.8 Å². The maximum Gasteiger partial charge on any atom is 0.433 e. The molecule has 4 heterocycles. The molecule has 0 saturated carbocycles. The first-order valence-electron chi connectivity index (χ1n) is 11.4. The predicted octanol–water partition coefficient (Wildman–Crippen LogP) is 5.32. The molecule has 1 saturated heterocycles. The molecule has 0 unspecified atom stereocenters. The molecule has 1 fully saturated rings. The van der Waals surface area contributed by atoms with E-state index in [9.17, 15) is 23.1 Å². The van der Waals surface area contributed by atoms with E-state index in [1.54, 1.807) is 10.6 Å². The highest BCUT2D eigenvalue weighted by molar-refractivity contribution is 5.76. The van der Waals surface area contributed by atoms with Crippen LogP contribution in [0.4, 0.5) is 19.0 Å². The first-order valence-corrected chi connectivity index (χ1v) is 11.4. The molecule has 0 amide bonds. The summed E-state index contributed by atoms with van der Waals surface area (Å²) in [5, 5.41) is 14.7. The number of nitrogens with zero attached hydrogens (tertiary/aromatic N) is 5. The predicted molar refractivity (Wildman–Crippen MR) is 122 cm³/mol. The Morgan fingerprint density at radius 2 is 2.03 bits per heavy atom. The van der Waals surface area contributed by atoms with Crippen molar-refractivity contribution in [1.82, 2.24) is 19.6 Å². The molecule has 0 spiro atoms. The van der Waals surface area contributed by atoms with Crippen molar-refractivity contribution in [3.8, 4) is 11.3 Å². The van der Waals surface area contributed by atoms with E-state index in [0.29, 0.717) is 42.8 Å². The van der Waals surface area contributed by atoms with Crippen LogP contribution >= 0.6 is 0 Å². The number of anilines is 1. The van der Waals surface area contributed by atoms with Crippen LogP contribution in [0.3, 0.4) is 0 Å². The van der Waals surface area contributed by atoms with Gasteiger partial charge in [-0.15, -0.1) is 0 Å². The molecule has 34 heavy (non-hydrogen) atoms. The van der Waals surface area contributed by atoms with Gasteiger partial charge in [-0.25, -0.2) is 4.98 Å². The van der Waals surface area contributed by atoms with E-state index >= 15 is 0 Å². The van der Waals surface area contributed by atoms with Crippen LogP contribution in [0.25, 0.3) is 16.9 Å². The molecule has 0 aromatic carbocycles. The highest BCUT2D eigenvalue weighted by Crippen LogP contribution is 2.39. The minimum atomic E-state index is -4.51. The van der Waals surface area contributed by atoms with Gasteiger partial charge in [-0.1, -0.05) is 20.8 Å².